The minimum absolute atomic E-state index is 0.00937. The average molecular weight is 680 g/mol. The third-order valence-corrected chi connectivity index (χ3v) is 11.6. The number of anilines is 1. The van der Waals surface area contributed by atoms with Gasteiger partial charge >= 0.3 is 6.03 Å². The fourth-order valence-electron chi connectivity index (χ4n) is 7.60. The van der Waals surface area contributed by atoms with Crippen molar-refractivity contribution in [2.75, 3.05) is 5.32 Å². The first-order valence-electron chi connectivity index (χ1n) is 16.5. The molecule has 1 aromatic heterocycles. The molecule has 3 atom stereocenters. The maximum Gasteiger partial charge on any atom is 0.354 e. The molecular formula is C38H35F2N5O3S. The third kappa shape index (κ3) is 5.32. The molecule has 0 saturated carbocycles. The largest absolute Gasteiger partial charge is 0.472 e. The summed E-state index contributed by atoms with van der Waals surface area (Å²) in [5.41, 5.74) is 3.30. The second-order valence-electron chi connectivity index (χ2n) is 12.9. The van der Waals surface area contributed by atoms with E-state index in [0.29, 0.717) is 47.3 Å². The first-order valence-corrected chi connectivity index (χ1v) is 18.0. The summed E-state index contributed by atoms with van der Waals surface area (Å²) in [6, 6.07) is 27.8. The number of carbonyl (C=O) groups excluding carboxylic acids is 1. The molecule has 2 aliphatic carbocycles. The number of aromatic nitrogens is 2. The van der Waals surface area contributed by atoms with Crippen molar-refractivity contribution in [3.05, 3.63) is 142 Å². The number of urea groups is 1. The lowest BCUT2D eigenvalue weighted by molar-refractivity contribution is 0.248. The normalized spacial score (nSPS) is 19.0. The van der Waals surface area contributed by atoms with Gasteiger partial charge in [-0.05, 0) is 65.1 Å². The van der Waals surface area contributed by atoms with Crippen LogP contribution in [-0.2, 0) is 47.7 Å². The molecule has 2 amide bonds. The van der Waals surface area contributed by atoms with Crippen molar-refractivity contribution < 1.29 is 22.5 Å². The molecule has 0 unspecified atom stereocenters. The first kappa shape index (κ1) is 31.4. The van der Waals surface area contributed by atoms with E-state index in [-0.39, 0.29) is 35.5 Å². The summed E-state index contributed by atoms with van der Waals surface area (Å²) in [5, 5.41) is 7.33. The smallest absolute Gasteiger partial charge is 0.354 e. The number of ether oxygens (including phenoxy) is 1. The van der Waals surface area contributed by atoms with Crippen molar-refractivity contribution in [1.29, 1.82) is 0 Å². The average Bonchev–Trinajstić information content (AvgIpc) is 3.91. The van der Waals surface area contributed by atoms with Gasteiger partial charge in [0.2, 0.25) is 5.88 Å². The molecular weight excluding hydrogens is 645 g/mol. The molecule has 2 N–H and O–H groups in total. The van der Waals surface area contributed by atoms with Crippen molar-refractivity contribution in [1.82, 2.24) is 14.5 Å². The molecule has 0 spiro atoms. The fraction of sp³-hybridized carbons (Fsp3) is 0.263. The SMILES string of the molecule is C[C@H]1Cn2ncc([S@@](=O)(=NC(=O)Nc3c4c(c(F)c5c3C[C@H](F)C5)CCC4)NC(c3ccccc3)(c3ccccc3)c3ccccc3)c2O1. The summed E-state index contributed by atoms with van der Waals surface area (Å²) in [7, 11) is -3.94. The van der Waals surface area contributed by atoms with Crippen LogP contribution in [0, 0.1) is 5.82 Å². The predicted octanol–water partition coefficient (Wildman–Crippen LogP) is 7.28. The Morgan fingerprint density at radius 3 is 2.08 bits per heavy atom. The van der Waals surface area contributed by atoms with E-state index in [1.165, 1.54) is 6.20 Å². The van der Waals surface area contributed by atoms with Crippen LogP contribution < -0.4 is 14.8 Å². The van der Waals surface area contributed by atoms with Gasteiger partial charge < -0.3 is 10.1 Å². The molecule has 11 heteroatoms. The summed E-state index contributed by atoms with van der Waals surface area (Å²) in [4.78, 5) is 14.3. The van der Waals surface area contributed by atoms with Gasteiger partial charge in [-0.2, -0.15) is 5.10 Å². The van der Waals surface area contributed by atoms with Gasteiger partial charge in [0.05, 0.1) is 12.7 Å². The number of benzene rings is 4. The topological polar surface area (TPSA) is 97.6 Å². The second kappa shape index (κ2) is 12.2. The maximum atomic E-state index is 15.8. The summed E-state index contributed by atoms with van der Waals surface area (Å²) < 4.78 is 61.6. The van der Waals surface area contributed by atoms with Gasteiger partial charge in [0.25, 0.3) is 0 Å². The van der Waals surface area contributed by atoms with Crippen LogP contribution in [0.4, 0.5) is 19.3 Å². The summed E-state index contributed by atoms with van der Waals surface area (Å²) in [5.74, 6) is -0.114. The van der Waals surface area contributed by atoms with E-state index in [4.69, 9.17) is 4.74 Å². The van der Waals surface area contributed by atoms with Crippen molar-refractivity contribution in [3.63, 3.8) is 0 Å². The highest BCUT2D eigenvalue weighted by molar-refractivity contribution is 7.92. The van der Waals surface area contributed by atoms with Crippen molar-refractivity contribution in [2.24, 2.45) is 4.36 Å². The van der Waals surface area contributed by atoms with Crippen LogP contribution >= 0.6 is 0 Å². The van der Waals surface area contributed by atoms with Crippen molar-refractivity contribution >= 4 is 21.6 Å². The van der Waals surface area contributed by atoms with Crippen LogP contribution in [0.3, 0.4) is 0 Å². The summed E-state index contributed by atoms with van der Waals surface area (Å²) in [6.45, 7) is 2.32. The van der Waals surface area contributed by atoms with Gasteiger partial charge in [0, 0.05) is 18.5 Å². The fourth-order valence-corrected chi connectivity index (χ4v) is 9.48. The number of nitrogens with one attached hydrogen (secondary N) is 2. The van der Waals surface area contributed by atoms with Crippen LogP contribution in [0.15, 0.2) is 106 Å². The number of amides is 2. The molecule has 8 rings (SSSR count). The quantitative estimate of drug-likeness (QED) is 0.177. The molecule has 2 heterocycles. The molecule has 5 aromatic rings. The molecule has 8 nitrogen and oxygen atoms in total. The number of hydrogen-bond acceptors (Lipinski definition) is 4. The van der Waals surface area contributed by atoms with Crippen LogP contribution in [0.25, 0.3) is 0 Å². The van der Waals surface area contributed by atoms with Crippen LogP contribution in [0.2, 0.25) is 0 Å². The van der Waals surface area contributed by atoms with Crippen LogP contribution in [0.1, 0.15) is 52.3 Å². The monoisotopic (exact) mass is 679 g/mol. The number of halogens is 2. The number of carbonyl (C=O) groups is 1. The number of alkyl halides is 1. The van der Waals surface area contributed by atoms with Crippen LogP contribution in [-0.4, -0.2) is 32.3 Å². The minimum Gasteiger partial charge on any atom is -0.472 e. The lowest BCUT2D eigenvalue weighted by atomic mass is 9.78. The van der Waals surface area contributed by atoms with Crippen molar-refractivity contribution in [3.8, 4) is 5.88 Å². The van der Waals surface area contributed by atoms with Crippen LogP contribution in [0.5, 0.6) is 5.88 Å². The maximum absolute atomic E-state index is 15.8. The lowest BCUT2D eigenvalue weighted by Gasteiger charge is -2.37. The molecule has 49 heavy (non-hydrogen) atoms. The number of fused-ring (bicyclic) bond motifs is 3. The zero-order valence-electron chi connectivity index (χ0n) is 26.9. The third-order valence-electron chi connectivity index (χ3n) is 9.72. The van der Waals surface area contributed by atoms with Gasteiger partial charge in [-0.1, -0.05) is 91.0 Å². The van der Waals surface area contributed by atoms with E-state index in [0.717, 1.165) is 23.1 Å². The zero-order chi connectivity index (χ0) is 33.8. The highest BCUT2D eigenvalue weighted by Gasteiger charge is 2.43. The molecule has 3 aliphatic rings. The summed E-state index contributed by atoms with van der Waals surface area (Å²) in [6.07, 6.45) is 1.67. The highest BCUT2D eigenvalue weighted by Crippen LogP contribution is 2.43. The first-order chi connectivity index (χ1) is 23.8. The van der Waals surface area contributed by atoms with Crippen molar-refractivity contribution in [2.45, 2.75) is 68.3 Å². The standard InChI is InChI=1S/C38H35F2N5O3S/c1-24-23-45-36(48-24)33(22-41-45)49(47,43-37(46)42-35-30-19-11-18-29(30)34(40)31-20-28(39)21-32(31)35)44-38(25-12-5-2-6-13-25,26-14-7-3-8-15-26)27-16-9-4-10-17-27/h2-10,12-17,22,24,28H,11,18-21,23H2,1H3,(H2,42,43,44,46,47)/t24-,28+,49+/m0/s1. The Bertz CT molecular complexity index is 2090. The van der Waals surface area contributed by atoms with Gasteiger partial charge in [0.1, 0.15) is 28.5 Å². The van der Waals surface area contributed by atoms with Gasteiger partial charge in [-0.15, -0.1) is 4.36 Å². The van der Waals surface area contributed by atoms with E-state index in [1.54, 1.807) is 4.68 Å². The molecule has 0 bridgehead atoms. The van der Waals surface area contributed by atoms with E-state index < -0.39 is 27.7 Å². The predicted molar refractivity (Wildman–Crippen MR) is 183 cm³/mol. The molecule has 0 fully saturated rings. The van der Waals surface area contributed by atoms with E-state index in [2.05, 4.69) is 19.5 Å². The summed E-state index contributed by atoms with van der Waals surface area (Å²) >= 11 is 0. The molecule has 4 aromatic carbocycles. The molecule has 250 valence electrons. The van der Waals surface area contributed by atoms with Gasteiger partial charge in [-0.25, -0.2) is 27.2 Å². The van der Waals surface area contributed by atoms with E-state index in [1.807, 2.05) is 97.9 Å². The Kier molecular flexibility index (Phi) is 7.83. The molecule has 0 saturated heterocycles. The number of hydrogen-bond donors (Lipinski definition) is 2. The zero-order valence-corrected chi connectivity index (χ0v) is 27.7. The molecule has 0 radical (unpaired) electrons. The Morgan fingerprint density at radius 1 is 0.898 bits per heavy atom. The Labute approximate surface area is 283 Å². The van der Waals surface area contributed by atoms with Gasteiger partial charge in [0.15, 0.2) is 9.92 Å². The van der Waals surface area contributed by atoms with Gasteiger partial charge in [-0.3, -0.25) is 0 Å². The second-order valence-corrected chi connectivity index (χ2v) is 14.8. The van der Waals surface area contributed by atoms with E-state index in [9.17, 15) is 9.18 Å². The van der Waals surface area contributed by atoms with E-state index >= 15 is 8.60 Å². The molecule has 1 aliphatic heterocycles. The number of rotatable bonds is 7. The highest BCUT2D eigenvalue weighted by atomic mass is 32.2. The minimum atomic E-state index is -3.94. The Hall–Kier alpha value is -4.87. The Balaban J connectivity index is 1.33. The Morgan fingerprint density at radius 2 is 1.47 bits per heavy atom. The number of nitrogens with zero attached hydrogens (tertiary/aromatic N) is 3. The lowest BCUT2D eigenvalue weighted by Crippen LogP contribution is -2.48.